The van der Waals surface area contributed by atoms with Crippen molar-refractivity contribution in [2.24, 2.45) is 11.7 Å². The van der Waals surface area contributed by atoms with Crippen molar-refractivity contribution in [1.29, 1.82) is 0 Å². The van der Waals surface area contributed by atoms with E-state index in [0.29, 0.717) is 6.04 Å². The Hall–Kier alpha value is -0.280. The Kier molecular flexibility index (Phi) is 4.45. The number of carbonyl (C=O) groups excluding carboxylic acids is 1. The van der Waals surface area contributed by atoms with Gasteiger partial charge in [-0.3, -0.25) is 4.79 Å². The molecule has 0 spiro atoms. The van der Waals surface area contributed by atoms with Gasteiger partial charge in [-0.05, 0) is 19.8 Å². The number of nitrogens with two attached hydrogens (primary N) is 1. The van der Waals surface area contributed by atoms with Crippen LogP contribution >= 0.6 is 12.4 Å². The Morgan fingerprint density at radius 1 is 1.55 bits per heavy atom. The molecule has 1 rings (SSSR count). The zero-order valence-corrected chi connectivity index (χ0v) is 7.49. The van der Waals surface area contributed by atoms with Crippen LogP contribution in [-0.2, 0) is 4.79 Å². The molecule has 1 aliphatic rings. The number of carbonyl (C=O) groups is 1. The normalized spacial score (nSPS) is 30.6. The van der Waals surface area contributed by atoms with Crippen molar-refractivity contribution in [3.63, 3.8) is 0 Å². The van der Waals surface area contributed by atoms with E-state index in [1.807, 2.05) is 0 Å². The highest BCUT2D eigenvalue weighted by Crippen LogP contribution is 2.12. The van der Waals surface area contributed by atoms with Gasteiger partial charge in [0.1, 0.15) is 0 Å². The van der Waals surface area contributed by atoms with Crippen LogP contribution in [-0.4, -0.2) is 18.5 Å². The Balaban J connectivity index is 0.000001000. The van der Waals surface area contributed by atoms with Crippen molar-refractivity contribution in [1.82, 2.24) is 5.32 Å². The summed E-state index contributed by atoms with van der Waals surface area (Å²) in [5, 5.41) is 3.21. The molecule has 3 N–H and O–H groups in total. The van der Waals surface area contributed by atoms with Crippen LogP contribution in [0.3, 0.4) is 0 Å². The van der Waals surface area contributed by atoms with Gasteiger partial charge in [0.2, 0.25) is 5.91 Å². The van der Waals surface area contributed by atoms with Crippen LogP contribution in [0.25, 0.3) is 0 Å². The second kappa shape index (κ2) is 4.57. The van der Waals surface area contributed by atoms with Crippen LogP contribution in [0.5, 0.6) is 0 Å². The Labute approximate surface area is 73.1 Å². The van der Waals surface area contributed by atoms with E-state index in [1.165, 1.54) is 0 Å². The molecular weight excluding hydrogens is 164 g/mol. The highest BCUT2D eigenvalue weighted by atomic mass is 35.5. The minimum absolute atomic E-state index is 0. The molecule has 3 nitrogen and oxygen atoms in total. The van der Waals surface area contributed by atoms with Crippen molar-refractivity contribution in [2.45, 2.75) is 25.8 Å². The number of rotatable bonds is 1. The average molecular weight is 179 g/mol. The number of primary amides is 1. The zero-order chi connectivity index (χ0) is 7.56. The van der Waals surface area contributed by atoms with E-state index in [2.05, 4.69) is 12.2 Å². The Bertz CT molecular complexity index is 132. The van der Waals surface area contributed by atoms with Gasteiger partial charge in [0.05, 0.1) is 5.92 Å². The van der Waals surface area contributed by atoms with E-state index in [0.717, 1.165) is 19.4 Å². The molecule has 0 aromatic heterocycles. The molecule has 2 atom stereocenters. The van der Waals surface area contributed by atoms with Crippen LogP contribution in [0, 0.1) is 5.92 Å². The summed E-state index contributed by atoms with van der Waals surface area (Å²) in [7, 11) is 0. The molecule has 0 aromatic carbocycles. The van der Waals surface area contributed by atoms with Crippen LogP contribution in [0.4, 0.5) is 0 Å². The van der Waals surface area contributed by atoms with Gasteiger partial charge in [-0.1, -0.05) is 0 Å². The smallest absolute Gasteiger partial charge is 0.221 e. The van der Waals surface area contributed by atoms with Gasteiger partial charge in [-0.2, -0.15) is 0 Å². The maximum absolute atomic E-state index is 10.6. The summed E-state index contributed by atoms with van der Waals surface area (Å²) in [4.78, 5) is 10.6. The van der Waals surface area contributed by atoms with Crippen LogP contribution < -0.4 is 11.1 Å². The number of hydrogen-bond acceptors (Lipinski definition) is 2. The summed E-state index contributed by atoms with van der Waals surface area (Å²) < 4.78 is 0. The van der Waals surface area contributed by atoms with E-state index in [4.69, 9.17) is 5.73 Å². The molecule has 0 unspecified atom stereocenters. The zero-order valence-electron chi connectivity index (χ0n) is 6.67. The first-order valence-electron chi connectivity index (χ1n) is 3.73. The fourth-order valence-electron chi connectivity index (χ4n) is 1.24. The second-order valence-electron chi connectivity index (χ2n) is 2.99. The molecular formula is C7H15ClN2O. The molecule has 4 heteroatoms. The van der Waals surface area contributed by atoms with Crippen molar-refractivity contribution in [2.75, 3.05) is 6.54 Å². The van der Waals surface area contributed by atoms with E-state index in [1.54, 1.807) is 0 Å². The number of piperidine rings is 1. The SMILES string of the molecule is C[C@H]1CC[C@@H](C(N)=O)CN1.Cl. The maximum atomic E-state index is 10.6. The van der Waals surface area contributed by atoms with Crippen molar-refractivity contribution in [3.8, 4) is 0 Å². The summed E-state index contributed by atoms with van der Waals surface area (Å²) >= 11 is 0. The Morgan fingerprint density at radius 2 is 2.18 bits per heavy atom. The quantitative estimate of drug-likeness (QED) is 0.606. The third-order valence-corrected chi connectivity index (χ3v) is 2.06. The van der Waals surface area contributed by atoms with Crippen LogP contribution in [0.2, 0.25) is 0 Å². The fourth-order valence-corrected chi connectivity index (χ4v) is 1.24. The molecule has 0 saturated carbocycles. The van der Waals surface area contributed by atoms with E-state index in [-0.39, 0.29) is 24.2 Å². The number of hydrogen-bond donors (Lipinski definition) is 2. The number of halogens is 1. The summed E-state index contributed by atoms with van der Waals surface area (Å²) in [5.74, 6) is -0.101. The monoisotopic (exact) mass is 178 g/mol. The molecule has 0 bridgehead atoms. The van der Waals surface area contributed by atoms with Gasteiger partial charge in [0.25, 0.3) is 0 Å². The highest BCUT2D eigenvalue weighted by Gasteiger charge is 2.21. The van der Waals surface area contributed by atoms with Gasteiger partial charge in [-0.25, -0.2) is 0 Å². The first kappa shape index (κ1) is 10.7. The van der Waals surface area contributed by atoms with Crippen molar-refractivity contribution >= 4 is 18.3 Å². The van der Waals surface area contributed by atoms with Gasteiger partial charge in [0, 0.05) is 12.6 Å². The lowest BCUT2D eigenvalue weighted by molar-refractivity contribution is -0.122. The largest absolute Gasteiger partial charge is 0.369 e. The fraction of sp³-hybridized carbons (Fsp3) is 0.857. The second-order valence-corrected chi connectivity index (χ2v) is 2.99. The molecule has 0 aliphatic carbocycles. The van der Waals surface area contributed by atoms with Gasteiger partial charge in [0.15, 0.2) is 0 Å². The van der Waals surface area contributed by atoms with E-state index < -0.39 is 0 Å². The maximum Gasteiger partial charge on any atom is 0.221 e. The number of amides is 1. The third kappa shape index (κ3) is 3.08. The molecule has 1 aliphatic heterocycles. The summed E-state index contributed by atoms with van der Waals surface area (Å²) in [5.41, 5.74) is 5.13. The van der Waals surface area contributed by atoms with Crippen molar-refractivity contribution < 1.29 is 4.79 Å². The Morgan fingerprint density at radius 3 is 2.55 bits per heavy atom. The molecule has 1 saturated heterocycles. The summed E-state index contributed by atoms with van der Waals surface area (Å²) in [6, 6.07) is 0.551. The minimum Gasteiger partial charge on any atom is -0.369 e. The molecule has 1 amide bonds. The molecule has 66 valence electrons. The topological polar surface area (TPSA) is 55.1 Å². The van der Waals surface area contributed by atoms with Crippen molar-refractivity contribution in [3.05, 3.63) is 0 Å². The minimum atomic E-state index is -0.167. The lowest BCUT2D eigenvalue weighted by Gasteiger charge is -2.25. The first-order valence-corrected chi connectivity index (χ1v) is 3.73. The predicted octanol–water partition coefficient (Wildman–Crippen LogP) is 0.282. The van der Waals surface area contributed by atoms with E-state index in [9.17, 15) is 4.79 Å². The molecule has 0 radical (unpaired) electrons. The van der Waals surface area contributed by atoms with Gasteiger partial charge in [-0.15, -0.1) is 12.4 Å². The summed E-state index contributed by atoms with van der Waals surface area (Å²) in [6.07, 6.45) is 2.01. The third-order valence-electron chi connectivity index (χ3n) is 2.06. The molecule has 1 fully saturated rings. The lowest BCUT2D eigenvalue weighted by Crippen LogP contribution is -2.42. The van der Waals surface area contributed by atoms with E-state index >= 15 is 0 Å². The molecule has 1 heterocycles. The highest BCUT2D eigenvalue weighted by molar-refractivity contribution is 5.85. The molecule has 0 aromatic rings. The lowest BCUT2D eigenvalue weighted by atomic mass is 9.95. The first-order chi connectivity index (χ1) is 4.70. The summed E-state index contributed by atoms with van der Waals surface area (Å²) in [6.45, 7) is 2.88. The van der Waals surface area contributed by atoms with Gasteiger partial charge >= 0.3 is 0 Å². The standard InChI is InChI=1S/C7H14N2O.ClH/c1-5-2-3-6(4-9-5)7(8)10;/h5-6,9H,2-4H2,1H3,(H2,8,10);1H/t5-,6+;/m0./s1. The van der Waals surface area contributed by atoms with Gasteiger partial charge < -0.3 is 11.1 Å². The van der Waals surface area contributed by atoms with Crippen LogP contribution in [0.1, 0.15) is 19.8 Å². The average Bonchev–Trinajstić information content (AvgIpc) is 1.88. The predicted molar refractivity (Wildman–Crippen MR) is 46.6 cm³/mol. The molecule has 11 heavy (non-hydrogen) atoms. The van der Waals surface area contributed by atoms with Crippen LogP contribution in [0.15, 0.2) is 0 Å². The number of nitrogens with one attached hydrogen (secondary N) is 1.